The summed E-state index contributed by atoms with van der Waals surface area (Å²) >= 11 is 0. The third-order valence-electron chi connectivity index (χ3n) is 6.78. The molecular formula is C26H29F4N3O2. The van der Waals surface area contributed by atoms with E-state index in [1.807, 2.05) is 13.8 Å². The maximum atomic E-state index is 13.6. The summed E-state index contributed by atoms with van der Waals surface area (Å²) in [6, 6.07) is 10.1. The van der Waals surface area contributed by atoms with Gasteiger partial charge in [0.05, 0.1) is 17.3 Å². The fourth-order valence-electron chi connectivity index (χ4n) is 5.05. The normalized spacial score (nSPS) is 20.2. The molecule has 188 valence electrons. The Labute approximate surface area is 202 Å². The molecule has 5 nitrogen and oxygen atoms in total. The van der Waals surface area contributed by atoms with Crippen molar-refractivity contribution in [3.05, 3.63) is 71.0 Å². The summed E-state index contributed by atoms with van der Waals surface area (Å²) < 4.78 is 53.3. The Morgan fingerprint density at radius 1 is 1.11 bits per heavy atom. The summed E-state index contributed by atoms with van der Waals surface area (Å²) in [5, 5.41) is 3.47. The van der Waals surface area contributed by atoms with E-state index in [1.54, 1.807) is 21.9 Å². The van der Waals surface area contributed by atoms with Crippen LogP contribution in [0.15, 0.2) is 48.5 Å². The second-order valence-corrected chi connectivity index (χ2v) is 9.78. The molecule has 1 atom stereocenters. The van der Waals surface area contributed by atoms with E-state index >= 15 is 0 Å². The molecule has 9 heteroatoms. The quantitative estimate of drug-likeness (QED) is 0.610. The number of halogens is 4. The summed E-state index contributed by atoms with van der Waals surface area (Å²) in [7, 11) is 0. The van der Waals surface area contributed by atoms with Crippen LogP contribution in [0.5, 0.6) is 0 Å². The Morgan fingerprint density at radius 2 is 1.80 bits per heavy atom. The Morgan fingerprint density at radius 3 is 2.43 bits per heavy atom. The van der Waals surface area contributed by atoms with E-state index in [-0.39, 0.29) is 29.8 Å². The highest BCUT2D eigenvalue weighted by atomic mass is 19.4. The fraction of sp³-hybridized carbons (Fsp3) is 0.462. The molecule has 2 aromatic rings. The van der Waals surface area contributed by atoms with Gasteiger partial charge in [-0.25, -0.2) is 4.39 Å². The van der Waals surface area contributed by atoms with Crippen LogP contribution in [0.2, 0.25) is 0 Å². The van der Waals surface area contributed by atoms with E-state index < -0.39 is 29.3 Å². The molecular weight excluding hydrogens is 462 g/mol. The zero-order chi connectivity index (χ0) is 25.4. The van der Waals surface area contributed by atoms with Gasteiger partial charge in [-0.2, -0.15) is 13.2 Å². The lowest BCUT2D eigenvalue weighted by atomic mass is 9.94. The molecule has 0 bridgehead atoms. The van der Waals surface area contributed by atoms with Gasteiger partial charge >= 0.3 is 6.18 Å². The lowest BCUT2D eigenvalue weighted by Gasteiger charge is -2.44. The van der Waals surface area contributed by atoms with Crippen molar-refractivity contribution in [3.63, 3.8) is 0 Å². The van der Waals surface area contributed by atoms with Crippen LogP contribution in [-0.2, 0) is 17.5 Å². The van der Waals surface area contributed by atoms with Crippen molar-refractivity contribution in [3.8, 4) is 0 Å². The molecule has 4 rings (SSSR count). The van der Waals surface area contributed by atoms with Gasteiger partial charge in [0.1, 0.15) is 5.82 Å². The smallest absolute Gasteiger partial charge is 0.338 e. The van der Waals surface area contributed by atoms with Gasteiger partial charge in [0, 0.05) is 38.0 Å². The summed E-state index contributed by atoms with van der Waals surface area (Å²) in [5.41, 5.74) is -0.852. The van der Waals surface area contributed by atoms with Crippen LogP contribution in [0.1, 0.15) is 54.6 Å². The molecule has 35 heavy (non-hydrogen) atoms. The Hall–Kier alpha value is -2.94. The molecule has 2 aromatic carbocycles. The van der Waals surface area contributed by atoms with Crippen molar-refractivity contribution in [1.82, 2.24) is 15.1 Å². The maximum Gasteiger partial charge on any atom is 0.416 e. The van der Waals surface area contributed by atoms with E-state index in [4.69, 9.17) is 0 Å². The SMILES string of the molecule is CC(C)C[C@H]1NC2(CCN(C(=O)c3cccc(F)c3)CC2)N(Cc2cccc(C(F)(F)F)c2)C1=O. The van der Waals surface area contributed by atoms with Crippen molar-refractivity contribution in [2.45, 2.75) is 57.5 Å². The number of carbonyl (C=O) groups is 2. The number of rotatable bonds is 5. The second kappa shape index (κ2) is 9.60. The summed E-state index contributed by atoms with van der Waals surface area (Å²) in [6.07, 6.45) is -3.02. The first-order valence-corrected chi connectivity index (χ1v) is 11.8. The molecule has 2 heterocycles. The number of nitrogens with one attached hydrogen (secondary N) is 1. The first kappa shape index (κ1) is 25.2. The van der Waals surface area contributed by atoms with Crippen LogP contribution in [0.25, 0.3) is 0 Å². The number of nitrogens with zero attached hydrogens (tertiary/aromatic N) is 2. The van der Waals surface area contributed by atoms with E-state index in [2.05, 4.69) is 5.32 Å². The molecule has 0 unspecified atom stereocenters. The molecule has 0 saturated carbocycles. The number of benzene rings is 2. The largest absolute Gasteiger partial charge is 0.416 e. The number of alkyl halides is 3. The minimum atomic E-state index is -4.47. The lowest BCUT2D eigenvalue weighted by Crippen LogP contribution is -2.59. The zero-order valence-corrected chi connectivity index (χ0v) is 19.7. The van der Waals surface area contributed by atoms with Crippen LogP contribution < -0.4 is 5.32 Å². The van der Waals surface area contributed by atoms with Crippen molar-refractivity contribution in [2.24, 2.45) is 5.92 Å². The highest BCUT2D eigenvalue weighted by Gasteiger charge is 2.51. The van der Waals surface area contributed by atoms with Crippen molar-refractivity contribution in [1.29, 1.82) is 0 Å². The average Bonchev–Trinajstić information content (AvgIpc) is 3.03. The van der Waals surface area contributed by atoms with E-state index in [0.717, 1.165) is 12.1 Å². The van der Waals surface area contributed by atoms with Gasteiger partial charge < -0.3 is 9.80 Å². The molecule has 2 saturated heterocycles. The predicted octanol–water partition coefficient (Wildman–Crippen LogP) is 4.82. The molecule has 1 spiro atoms. The second-order valence-electron chi connectivity index (χ2n) is 9.78. The Balaban J connectivity index is 1.56. The third-order valence-corrected chi connectivity index (χ3v) is 6.78. The van der Waals surface area contributed by atoms with E-state index in [0.29, 0.717) is 37.9 Å². The zero-order valence-electron chi connectivity index (χ0n) is 19.7. The van der Waals surface area contributed by atoms with Gasteiger partial charge in [0.25, 0.3) is 5.91 Å². The molecule has 1 N–H and O–H groups in total. The molecule has 0 aromatic heterocycles. The number of amides is 2. The fourth-order valence-corrected chi connectivity index (χ4v) is 5.05. The van der Waals surface area contributed by atoms with Gasteiger partial charge in [-0.1, -0.05) is 32.0 Å². The monoisotopic (exact) mass is 491 g/mol. The summed E-state index contributed by atoms with van der Waals surface area (Å²) in [6.45, 7) is 4.74. The average molecular weight is 492 g/mol. The lowest BCUT2D eigenvalue weighted by molar-refractivity contribution is -0.137. The topological polar surface area (TPSA) is 52.7 Å². The number of hydrogen-bond acceptors (Lipinski definition) is 3. The predicted molar refractivity (Wildman–Crippen MR) is 123 cm³/mol. The van der Waals surface area contributed by atoms with Gasteiger partial charge in [-0.3, -0.25) is 14.9 Å². The van der Waals surface area contributed by atoms with Crippen molar-refractivity contribution < 1.29 is 27.2 Å². The van der Waals surface area contributed by atoms with Crippen LogP contribution in [0.4, 0.5) is 17.6 Å². The minimum absolute atomic E-state index is 0.0438. The maximum absolute atomic E-state index is 13.6. The number of carbonyl (C=O) groups excluding carboxylic acids is 2. The van der Waals surface area contributed by atoms with E-state index in [1.165, 1.54) is 24.3 Å². The minimum Gasteiger partial charge on any atom is -0.338 e. The molecule has 0 aliphatic carbocycles. The molecule has 2 amide bonds. The van der Waals surface area contributed by atoms with E-state index in [9.17, 15) is 27.2 Å². The van der Waals surface area contributed by atoms with Crippen LogP contribution in [0, 0.1) is 11.7 Å². The number of hydrogen-bond donors (Lipinski definition) is 1. The van der Waals surface area contributed by atoms with Gasteiger partial charge in [0.15, 0.2) is 0 Å². The van der Waals surface area contributed by atoms with Crippen molar-refractivity contribution >= 4 is 11.8 Å². The van der Waals surface area contributed by atoms with Crippen LogP contribution in [0.3, 0.4) is 0 Å². The van der Waals surface area contributed by atoms with Gasteiger partial charge in [-0.15, -0.1) is 0 Å². The first-order valence-electron chi connectivity index (χ1n) is 11.8. The van der Waals surface area contributed by atoms with Crippen LogP contribution >= 0.6 is 0 Å². The van der Waals surface area contributed by atoms with Crippen LogP contribution in [-0.4, -0.2) is 46.4 Å². The molecule has 0 radical (unpaired) electrons. The Kier molecular flexibility index (Phi) is 6.90. The summed E-state index contributed by atoms with van der Waals surface area (Å²) in [4.78, 5) is 29.6. The third kappa shape index (κ3) is 5.34. The Bertz CT molecular complexity index is 1090. The number of likely N-dealkylation sites (tertiary alicyclic amines) is 1. The molecule has 2 aliphatic heterocycles. The summed E-state index contributed by atoms with van der Waals surface area (Å²) in [5.74, 6) is -0.666. The van der Waals surface area contributed by atoms with Gasteiger partial charge in [-0.05, 0) is 48.2 Å². The van der Waals surface area contributed by atoms with Crippen molar-refractivity contribution in [2.75, 3.05) is 13.1 Å². The first-order chi connectivity index (χ1) is 16.5. The number of piperidine rings is 1. The highest BCUT2D eigenvalue weighted by molar-refractivity contribution is 5.94. The highest BCUT2D eigenvalue weighted by Crippen LogP contribution is 2.36. The standard InChI is InChI=1S/C26H29F4N3O2/c1-17(2)13-22-24(35)33(16-18-5-3-7-20(14-18)26(28,29)30)25(31-22)9-11-32(12-10-25)23(34)19-6-4-8-21(27)15-19/h3-8,14-15,17,22,31H,9-13,16H2,1-2H3/t22-/m1/s1. The van der Waals surface area contributed by atoms with Gasteiger partial charge in [0.2, 0.25) is 5.91 Å². The molecule has 2 aliphatic rings. The molecule has 2 fully saturated rings.